The summed E-state index contributed by atoms with van der Waals surface area (Å²) in [5, 5.41) is 21.3. The standard InChI is InChI=1S/C16H10N2O4/c19-9-1-2-10-11-6-13(18-4-3-17-8-18)14(20)7-15(11)22-16(21)12(10)5-9/h1-8,19-20H. The number of rotatable bonds is 1. The highest BCUT2D eigenvalue weighted by Gasteiger charge is 2.12. The topological polar surface area (TPSA) is 88.5 Å². The predicted molar refractivity (Wildman–Crippen MR) is 80.4 cm³/mol. The van der Waals surface area contributed by atoms with Crippen LogP contribution in [0.5, 0.6) is 11.5 Å². The van der Waals surface area contributed by atoms with Crippen LogP contribution >= 0.6 is 0 Å². The number of phenols is 2. The molecule has 0 radical (unpaired) electrons. The normalized spacial score (nSPS) is 11.3. The van der Waals surface area contributed by atoms with Crippen molar-refractivity contribution < 1.29 is 14.6 Å². The number of nitrogens with zero attached hydrogens (tertiary/aromatic N) is 2. The van der Waals surface area contributed by atoms with E-state index in [0.29, 0.717) is 16.5 Å². The molecule has 0 aliphatic rings. The molecule has 2 aromatic heterocycles. The number of imidazole rings is 1. The lowest BCUT2D eigenvalue weighted by molar-refractivity contribution is 0.470. The molecular formula is C16H10N2O4. The molecule has 2 N–H and O–H groups in total. The molecule has 6 nitrogen and oxygen atoms in total. The molecule has 0 saturated heterocycles. The molecule has 108 valence electrons. The van der Waals surface area contributed by atoms with Crippen molar-refractivity contribution in [3.63, 3.8) is 0 Å². The SMILES string of the molecule is O=c1oc2cc(O)c(-n3ccnc3)cc2c2ccc(O)cc12. The maximum atomic E-state index is 12.0. The van der Waals surface area contributed by atoms with Gasteiger partial charge in [-0.3, -0.25) is 0 Å². The minimum Gasteiger partial charge on any atom is -0.508 e. The lowest BCUT2D eigenvalue weighted by Gasteiger charge is -2.09. The minimum absolute atomic E-state index is 0.00670. The van der Waals surface area contributed by atoms with Crippen molar-refractivity contribution in [2.24, 2.45) is 0 Å². The minimum atomic E-state index is -0.562. The van der Waals surface area contributed by atoms with E-state index in [2.05, 4.69) is 4.98 Å². The fraction of sp³-hybridized carbons (Fsp3) is 0. The Labute approximate surface area is 123 Å². The van der Waals surface area contributed by atoms with Crippen LogP contribution in [0.4, 0.5) is 0 Å². The quantitative estimate of drug-likeness (QED) is 0.416. The number of aromatic hydroxyl groups is 2. The van der Waals surface area contributed by atoms with Gasteiger partial charge in [-0.05, 0) is 24.3 Å². The third-order valence-corrected chi connectivity index (χ3v) is 3.58. The van der Waals surface area contributed by atoms with E-state index in [1.807, 2.05) is 0 Å². The van der Waals surface area contributed by atoms with Crippen LogP contribution in [0.25, 0.3) is 27.4 Å². The number of hydrogen-bond donors (Lipinski definition) is 2. The number of phenolic OH excluding ortho intramolecular Hbond substituents is 2. The van der Waals surface area contributed by atoms with E-state index in [4.69, 9.17) is 4.42 Å². The molecule has 0 aliphatic carbocycles. The fourth-order valence-corrected chi connectivity index (χ4v) is 2.55. The maximum Gasteiger partial charge on any atom is 0.344 e. The van der Waals surface area contributed by atoms with Crippen LogP contribution in [0.1, 0.15) is 0 Å². The molecule has 0 fully saturated rings. The Kier molecular flexibility index (Phi) is 2.47. The fourth-order valence-electron chi connectivity index (χ4n) is 2.55. The number of aromatic nitrogens is 2. The highest BCUT2D eigenvalue weighted by atomic mass is 16.4. The lowest BCUT2D eigenvalue weighted by atomic mass is 10.1. The van der Waals surface area contributed by atoms with Crippen LogP contribution < -0.4 is 5.63 Å². The Morgan fingerprint density at radius 3 is 2.68 bits per heavy atom. The van der Waals surface area contributed by atoms with Gasteiger partial charge in [-0.2, -0.15) is 0 Å². The summed E-state index contributed by atoms with van der Waals surface area (Å²) >= 11 is 0. The van der Waals surface area contributed by atoms with Crippen molar-refractivity contribution in [3.05, 3.63) is 59.5 Å². The van der Waals surface area contributed by atoms with Gasteiger partial charge in [-0.1, -0.05) is 0 Å². The zero-order chi connectivity index (χ0) is 15.3. The molecule has 0 saturated carbocycles. The van der Waals surface area contributed by atoms with Gasteiger partial charge in [0.1, 0.15) is 17.1 Å². The second kappa shape index (κ2) is 4.36. The van der Waals surface area contributed by atoms with Crippen LogP contribution in [0.3, 0.4) is 0 Å². The summed E-state index contributed by atoms with van der Waals surface area (Å²) in [4.78, 5) is 15.9. The van der Waals surface area contributed by atoms with Gasteiger partial charge in [-0.15, -0.1) is 0 Å². The van der Waals surface area contributed by atoms with Crippen molar-refractivity contribution in [2.75, 3.05) is 0 Å². The molecule has 0 aliphatic heterocycles. The van der Waals surface area contributed by atoms with E-state index in [-0.39, 0.29) is 22.5 Å². The van der Waals surface area contributed by atoms with Gasteiger partial charge in [0.2, 0.25) is 0 Å². The Hall–Kier alpha value is -3.28. The van der Waals surface area contributed by atoms with Crippen LogP contribution in [-0.2, 0) is 0 Å². The van der Waals surface area contributed by atoms with E-state index < -0.39 is 5.63 Å². The first kappa shape index (κ1) is 12.5. The Bertz CT molecular complexity index is 1070. The summed E-state index contributed by atoms with van der Waals surface area (Å²) in [7, 11) is 0. The summed E-state index contributed by atoms with van der Waals surface area (Å²) < 4.78 is 6.89. The lowest BCUT2D eigenvalue weighted by Crippen LogP contribution is -2.00. The molecule has 6 heteroatoms. The van der Waals surface area contributed by atoms with E-state index >= 15 is 0 Å². The second-order valence-corrected chi connectivity index (χ2v) is 4.93. The van der Waals surface area contributed by atoms with Crippen LogP contribution in [-0.4, -0.2) is 19.8 Å². The molecule has 2 aromatic carbocycles. The van der Waals surface area contributed by atoms with Crippen molar-refractivity contribution in [3.8, 4) is 17.2 Å². The molecule has 4 aromatic rings. The summed E-state index contributed by atoms with van der Waals surface area (Å²) in [6.07, 6.45) is 4.87. The average Bonchev–Trinajstić information content (AvgIpc) is 3.01. The van der Waals surface area contributed by atoms with Gasteiger partial charge in [0.25, 0.3) is 0 Å². The van der Waals surface area contributed by atoms with Crippen LogP contribution in [0.15, 0.2) is 58.3 Å². The highest BCUT2D eigenvalue weighted by Crippen LogP contribution is 2.32. The summed E-state index contributed by atoms with van der Waals surface area (Å²) in [5.41, 5.74) is 0.242. The summed E-state index contributed by atoms with van der Waals surface area (Å²) in [5.74, 6) is -0.0282. The van der Waals surface area contributed by atoms with Gasteiger partial charge in [0.05, 0.1) is 17.4 Å². The van der Waals surface area contributed by atoms with Crippen LogP contribution in [0.2, 0.25) is 0 Å². The Balaban J connectivity index is 2.16. The molecule has 0 atom stereocenters. The molecule has 0 unspecified atom stereocenters. The van der Waals surface area contributed by atoms with Gasteiger partial charge >= 0.3 is 5.63 Å². The van der Waals surface area contributed by atoms with Crippen molar-refractivity contribution >= 4 is 21.7 Å². The molecule has 22 heavy (non-hydrogen) atoms. The summed E-state index contributed by atoms with van der Waals surface area (Å²) in [6, 6.07) is 7.64. The Morgan fingerprint density at radius 2 is 1.91 bits per heavy atom. The first-order chi connectivity index (χ1) is 10.6. The molecule has 0 amide bonds. The first-order valence-corrected chi connectivity index (χ1v) is 6.54. The monoisotopic (exact) mass is 294 g/mol. The zero-order valence-corrected chi connectivity index (χ0v) is 11.2. The smallest absolute Gasteiger partial charge is 0.344 e. The van der Waals surface area contributed by atoms with Gasteiger partial charge < -0.3 is 19.2 Å². The number of fused-ring (bicyclic) bond motifs is 3. The van der Waals surface area contributed by atoms with Crippen molar-refractivity contribution in [1.29, 1.82) is 0 Å². The van der Waals surface area contributed by atoms with Crippen LogP contribution in [0, 0.1) is 0 Å². The van der Waals surface area contributed by atoms with Gasteiger partial charge in [0, 0.05) is 29.2 Å². The van der Waals surface area contributed by atoms with Crippen molar-refractivity contribution in [2.45, 2.75) is 0 Å². The Morgan fingerprint density at radius 1 is 1.05 bits per heavy atom. The third-order valence-electron chi connectivity index (χ3n) is 3.58. The van der Waals surface area contributed by atoms with E-state index in [1.54, 1.807) is 35.4 Å². The molecule has 0 bridgehead atoms. The number of benzene rings is 2. The zero-order valence-electron chi connectivity index (χ0n) is 11.2. The van der Waals surface area contributed by atoms with E-state index in [1.165, 1.54) is 18.2 Å². The number of hydrogen-bond acceptors (Lipinski definition) is 5. The maximum absolute atomic E-state index is 12.0. The largest absolute Gasteiger partial charge is 0.508 e. The third kappa shape index (κ3) is 1.74. The predicted octanol–water partition coefficient (Wildman–Crippen LogP) is 2.54. The summed E-state index contributed by atoms with van der Waals surface area (Å²) in [6.45, 7) is 0. The van der Waals surface area contributed by atoms with E-state index in [0.717, 1.165) is 0 Å². The molecule has 4 rings (SSSR count). The van der Waals surface area contributed by atoms with Gasteiger partial charge in [-0.25, -0.2) is 9.78 Å². The molecule has 2 heterocycles. The molecule has 0 spiro atoms. The first-order valence-electron chi connectivity index (χ1n) is 6.54. The highest BCUT2D eigenvalue weighted by molar-refractivity contribution is 6.05. The van der Waals surface area contributed by atoms with E-state index in [9.17, 15) is 15.0 Å². The average molecular weight is 294 g/mol. The molecular weight excluding hydrogens is 284 g/mol. The van der Waals surface area contributed by atoms with Crippen molar-refractivity contribution in [1.82, 2.24) is 9.55 Å². The van der Waals surface area contributed by atoms with Gasteiger partial charge in [0.15, 0.2) is 0 Å². The second-order valence-electron chi connectivity index (χ2n) is 4.93.